The highest BCUT2D eigenvalue weighted by Gasteiger charge is 2.19. The first-order valence-electron chi connectivity index (χ1n) is 33.5. The Bertz CT molecular complexity index is 1650. The summed E-state index contributed by atoms with van der Waals surface area (Å²) in [7, 11) is 0. The van der Waals surface area contributed by atoms with Gasteiger partial charge in [-0.2, -0.15) is 0 Å². The molecular weight excluding hydrogens is 985 g/mol. The standard InChI is InChI=1S/C74H124O6/c1-4-7-10-13-16-19-22-25-27-29-30-31-32-33-34-35-36-37-38-39-40-41-42-43-44-46-47-49-52-55-58-61-64-67-73(76)79-70-71(69-78-72(75)66-63-60-57-54-51-24-21-18-15-12-9-6-3)80-74(77)68-65-62-59-56-53-50-48-45-28-26-23-20-17-14-11-8-5-2/h7,10,16,19,25-28,30-31,33-34,36-37,39-40,42-43,46-47,71H,4-6,8-9,11-15,17-18,20-24,29,32,35,38,41,44-45,48-70H2,1-3H3/b10-7-,19-16-,27-25-,28-26-,31-30-,34-33-,37-36-,40-39-,43-42-,47-46-. The molecule has 80 heavy (non-hydrogen) atoms. The molecule has 0 radical (unpaired) electrons. The third-order valence-corrected chi connectivity index (χ3v) is 14.2. The minimum Gasteiger partial charge on any atom is -0.462 e. The molecule has 1 atom stereocenters. The van der Waals surface area contributed by atoms with Gasteiger partial charge in [0, 0.05) is 19.3 Å². The summed E-state index contributed by atoms with van der Waals surface area (Å²) < 4.78 is 16.9. The van der Waals surface area contributed by atoms with Gasteiger partial charge in [-0.15, -0.1) is 0 Å². The van der Waals surface area contributed by atoms with E-state index in [4.69, 9.17) is 14.2 Å². The summed E-state index contributed by atoms with van der Waals surface area (Å²) in [5, 5.41) is 0. The molecule has 1 unspecified atom stereocenters. The molecule has 6 nitrogen and oxygen atoms in total. The van der Waals surface area contributed by atoms with Gasteiger partial charge in [-0.3, -0.25) is 14.4 Å². The Kier molecular flexibility index (Phi) is 63.8. The number of esters is 3. The van der Waals surface area contributed by atoms with Crippen LogP contribution in [0.25, 0.3) is 0 Å². The Morgan fingerprint density at radius 2 is 0.487 bits per heavy atom. The molecule has 0 N–H and O–H groups in total. The number of carbonyl (C=O) groups is 3. The number of allylic oxidation sites excluding steroid dienone is 20. The summed E-state index contributed by atoms with van der Waals surface area (Å²) >= 11 is 0. The van der Waals surface area contributed by atoms with E-state index in [1.165, 1.54) is 135 Å². The lowest BCUT2D eigenvalue weighted by atomic mass is 10.0. The first-order chi connectivity index (χ1) is 39.5. The predicted octanol–water partition coefficient (Wildman–Crippen LogP) is 23.2. The quantitative estimate of drug-likeness (QED) is 0.0261. The summed E-state index contributed by atoms with van der Waals surface area (Å²) in [6.07, 6.45) is 93.5. The molecule has 0 spiro atoms. The van der Waals surface area contributed by atoms with Crippen LogP contribution in [0.1, 0.15) is 310 Å². The number of hydrogen-bond acceptors (Lipinski definition) is 6. The van der Waals surface area contributed by atoms with Crippen LogP contribution in [0, 0.1) is 0 Å². The van der Waals surface area contributed by atoms with Crippen molar-refractivity contribution in [2.75, 3.05) is 13.2 Å². The normalized spacial score (nSPS) is 12.9. The number of rotatable bonds is 60. The minimum atomic E-state index is -0.790. The van der Waals surface area contributed by atoms with Gasteiger partial charge < -0.3 is 14.2 Å². The summed E-state index contributed by atoms with van der Waals surface area (Å²) in [5.74, 6) is -0.902. The van der Waals surface area contributed by atoms with Gasteiger partial charge in [0.05, 0.1) is 0 Å². The highest BCUT2D eigenvalue weighted by molar-refractivity contribution is 5.71. The summed E-state index contributed by atoms with van der Waals surface area (Å²) in [6, 6.07) is 0. The monoisotopic (exact) mass is 1110 g/mol. The van der Waals surface area contributed by atoms with Crippen LogP contribution >= 0.6 is 0 Å². The van der Waals surface area contributed by atoms with Gasteiger partial charge in [0.25, 0.3) is 0 Å². The van der Waals surface area contributed by atoms with E-state index < -0.39 is 6.10 Å². The molecule has 0 bridgehead atoms. The Morgan fingerprint density at radius 1 is 0.263 bits per heavy atom. The van der Waals surface area contributed by atoms with E-state index in [0.29, 0.717) is 19.3 Å². The molecule has 0 aromatic rings. The predicted molar refractivity (Wildman–Crippen MR) is 348 cm³/mol. The third-order valence-electron chi connectivity index (χ3n) is 14.2. The molecule has 0 rings (SSSR count). The highest BCUT2D eigenvalue weighted by Crippen LogP contribution is 2.16. The molecular formula is C74H124O6. The van der Waals surface area contributed by atoms with Crippen molar-refractivity contribution >= 4 is 17.9 Å². The maximum absolute atomic E-state index is 12.9. The molecule has 0 amide bonds. The number of hydrogen-bond donors (Lipinski definition) is 0. The molecule has 0 aromatic carbocycles. The van der Waals surface area contributed by atoms with Crippen LogP contribution in [0.4, 0.5) is 0 Å². The van der Waals surface area contributed by atoms with Crippen LogP contribution < -0.4 is 0 Å². The summed E-state index contributed by atoms with van der Waals surface area (Å²) in [5.41, 5.74) is 0. The Hall–Kier alpha value is -4.19. The minimum absolute atomic E-state index is 0.0846. The molecule has 0 aromatic heterocycles. The zero-order chi connectivity index (χ0) is 57.8. The van der Waals surface area contributed by atoms with Gasteiger partial charge in [-0.1, -0.05) is 296 Å². The lowest BCUT2D eigenvalue weighted by molar-refractivity contribution is -0.167. The highest BCUT2D eigenvalue weighted by atomic mass is 16.6. The van der Waals surface area contributed by atoms with Crippen molar-refractivity contribution in [1.82, 2.24) is 0 Å². The second-order valence-electron chi connectivity index (χ2n) is 22.0. The smallest absolute Gasteiger partial charge is 0.306 e. The average Bonchev–Trinajstić information content (AvgIpc) is 3.46. The fourth-order valence-electron chi connectivity index (χ4n) is 9.20. The van der Waals surface area contributed by atoms with Crippen molar-refractivity contribution in [1.29, 1.82) is 0 Å². The zero-order valence-electron chi connectivity index (χ0n) is 52.3. The maximum Gasteiger partial charge on any atom is 0.306 e. The molecule has 456 valence electrons. The van der Waals surface area contributed by atoms with Crippen molar-refractivity contribution in [3.63, 3.8) is 0 Å². The van der Waals surface area contributed by atoms with Crippen LogP contribution in [0.5, 0.6) is 0 Å². The van der Waals surface area contributed by atoms with Crippen LogP contribution in [0.15, 0.2) is 122 Å². The molecule has 0 aliphatic rings. The van der Waals surface area contributed by atoms with E-state index in [-0.39, 0.29) is 31.1 Å². The Labute approximate surface area is 494 Å². The number of carbonyl (C=O) groups excluding carboxylic acids is 3. The van der Waals surface area contributed by atoms with Crippen LogP contribution in [-0.4, -0.2) is 37.2 Å². The Morgan fingerprint density at radius 3 is 0.775 bits per heavy atom. The first-order valence-corrected chi connectivity index (χ1v) is 33.5. The van der Waals surface area contributed by atoms with Crippen molar-refractivity contribution in [2.45, 2.75) is 316 Å². The van der Waals surface area contributed by atoms with Gasteiger partial charge in [-0.05, 0) is 116 Å². The Balaban J connectivity index is 4.31. The van der Waals surface area contributed by atoms with Gasteiger partial charge in [0.2, 0.25) is 0 Å². The number of ether oxygens (including phenoxy) is 3. The fourth-order valence-corrected chi connectivity index (χ4v) is 9.20. The van der Waals surface area contributed by atoms with E-state index >= 15 is 0 Å². The topological polar surface area (TPSA) is 78.9 Å². The second kappa shape index (κ2) is 67.3. The molecule has 0 saturated heterocycles. The third kappa shape index (κ3) is 64.6. The summed E-state index contributed by atoms with van der Waals surface area (Å²) in [4.78, 5) is 38.3. The molecule has 0 aliphatic heterocycles. The van der Waals surface area contributed by atoms with Gasteiger partial charge in [0.1, 0.15) is 13.2 Å². The first kappa shape index (κ1) is 75.8. The van der Waals surface area contributed by atoms with Gasteiger partial charge in [0.15, 0.2) is 6.10 Å². The lowest BCUT2D eigenvalue weighted by Gasteiger charge is -2.18. The molecule has 6 heteroatoms. The molecule has 0 heterocycles. The van der Waals surface area contributed by atoms with Crippen molar-refractivity contribution in [3.8, 4) is 0 Å². The second-order valence-corrected chi connectivity index (χ2v) is 22.0. The van der Waals surface area contributed by atoms with Crippen molar-refractivity contribution in [2.24, 2.45) is 0 Å². The molecule has 0 saturated carbocycles. The van der Waals surface area contributed by atoms with Crippen LogP contribution in [-0.2, 0) is 28.6 Å². The average molecular weight is 1110 g/mol. The maximum atomic E-state index is 12.9. The molecule has 0 fully saturated rings. The van der Waals surface area contributed by atoms with E-state index in [2.05, 4.69) is 142 Å². The fraction of sp³-hybridized carbons (Fsp3) is 0.689. The summed E-state index contributed by atoms with van der Waals surface area (Å²) in [6.45, 7) is 6.52. The van der Waals surface area contributed by atoms with Crippen LogP contribution in [0.2, 0.25) is 0 Å². The van der Waals surface area contributed by atoms with Gasteiger partial charge in [-0.25, -0.2) is 0 Å². The van der Waals surface area contributed by atoms with E-state index in [1.807, 2.05) is 0 Å². The van der Waals surface area contributed by atoms with E-state index in [9.17, 15) is 14.4 Å². The van der Waals surface area contributed by atoms with E-state index in [1.54, 1.807) is 0 Å². The lowest BCUT2D eigenvalue weighted by Crippen LogP contribution is -2.30. The molecule has 0 aliphatic carbocycles. The zero-order valence-corrected chi connectivity index (χ0v) is 52.3. The van der Waals surface area contributed by atoms with Crippen molar-refractivity contribution < 1.29 is 28.6 Å². The van der Waals surface area contributed by atoms with E-state index in [0.717, 1.165) is 135 Å². The van der Waals surface area contributed by atoms with Crippen LogP contribution in [0.3, 0.4) is 0 Å². The SMILES string of the molecule is CC/C=C\C/C=C\C/C=C\C/C=C\C/C=C\C/C=C\C/C=C\C/C=C\C/C=C\CCCCCCCC(=O)OCC(COC(=O)CCCCCCCCCCCCCC)OC(=O)CCCCCCCCC/C=C\CCCCCCCC. The van der Waals surface area contributed by atoms with Crippen molar-refractivity contribution in [3.05, 3.63) is 122 Å². The largest absolute Gasteiger partial charge is 0.462 e. The number of unbranched alkanes of at least 4 members (excludes halogenated alkanes) is 29. The van der Waals surface area contributed by atoms with Gasteiger partial charge >= 0.3 is 17.9 Å².